The van der Waals surface area contributed by atoms with E-state index in [-0.39, 0.29) is 35.5 Å². The number of nitrogens with one attached hydrogen (secondary N) is 2. The third kappa shape index (κ3) is 3.58. The van der Waals surface area contributed by atoms with E-state index in [0.717, 1.165) is 12.1 Å². The maximum absolute atomic E-state index is 14.1. The van der Waals surface area contributed by atoms with Crippen molar-refractivity contribution in [3.63, 3.8) is 0 Å². The van der Waals surface area contributed by atoms with Crippen LogP contribution in [-0.2, 0) is 11.3 Å². The Morgan fingerprint density at radius 3 is 2.52 bits per heavy atom. The van der Waals surface area contributed by atoms with Crippen LogP contribution >= 0.6 is 0 Å². The Labute approximate surface area is 184 Å². The number of amides is 1. The van der Waals surface area contributed by atoms with E-state index in [0.29, 0.717) is 22.5 Å². The molecule has 1 amide bonds. The molecule has 1 aliphatic rings. The van der Waals surface area contributed by atoms with Crippen LogP contribution < -0.4 is 5.56 Å². The molecule has 0 bridgehead atoms. The van der Waals surface area contributed by atoms with Gasteiger partial charge in [-0.1, -0.05) is 0 Å². The van der Waals surface area contributed by atoms with Crippen LogP contribution in [0.1, 0.15) is 27.8 Å². The van der Waals surface area contributed by atoms with Crippen LogP contribution in [0.3, 0.4) is 0 Å². The SMILES string of the molecule is CN(C(=O)c1cc(-c2ccc(F)cc2)n[nH]1)[C@H]1COCc2[nH]c(=O)c3cc(F)c(F)cc3c21. The number of rotatable bonds is 3. The van der Waals surface area contributed by atoms with Gasteiger partial charge in [-0.2, -0.15) is 5.10 Å². The summed E-state index contributed by atoms with van der Waals surface area (Å²) in [4.78, 5) is 29.6. The van der Waals surface area contributed by atoms with Crippen molar-refractivity contribution in [2.24, 2.45) is 0 Å². The van der Waals surface area contributed by atoms with Crippen molar-refractivity contribution in [1.29, 1.82) is 0 Å². The van der Waals surface area contributed by atoms with Crippen LogP contribution in [0.5, 0.6) is 0 Å². The Morgan fingerprint density at radius 1 is 1.09 bits per heavy atom. The number of carbonyl (C=O) groups excluding carboxylic acids is 1. The van der Waals surface area contributed by atoms with E-state index >= 15 is 0 Å². The molecule has 10 heteroatoms. The van der Waals surface area contributed by atoms with Gasteiger partial charge >= 0.3 is 0 Å². The number of halogens is 3. The van der Waals surface area contributed by atoms with E-state index in [1.807, 2.05) is 0 Å². The first-order valence-electron chi connectivity index (χ1n) is 10.0. The van der Waals surface area contributed by atoms with Crippen molar-refractivity contribution >= 4 is 16.7 Å². The highest BCUT2D eigenvalue weighted by Gasteiger charge is 2.32. The van der Waals surface area contributed by atoms with Gasteiger partial charge in [0.1, 0.15) is 11.5 Å². The summed E-state index contributed by atoms with van der Waals surface area (Å²) in [5, 5.41) is 7.02. The van der Waals surface area contributed by atoms with Crippen LogP contribution in [0, 0.1) is 17.5 Å². The lowest BCUT2D eigenvalue weighted by Gasteiger charge is -2.33. The Bertz CT molecular complexity index is 1450. The van der Waals surface area contributed by atoms with Crippen molar-refractivity contribution in [1.82, 2.24) is 20.1 Å². The van der Waals surface area contributed by atoms with E-state index in [1.165, 1.54) is 23.1 Å². The molecule has 2 aromatic carbocycles. The fraction of sp³-hybridized carbons (Fsp3) is 0.174. The Kier molecular flexibility index (Phi) is 5.01. The first-order valence-corrected chi connectivity index (χ1v) is 10.0. The number of pyridine rings is 1. The average Bonchev–Trinajstić information content (AvgIpc) is 3.30. The number of nitrogens with zero attached hydrogens (tertiary/aromatic N) is 2. The first kappa shape index (κ1) is 21.0. The number of ether oxygens (including phenoxy) is 1. The Morgan fingerprint density at radius 2 is 1.79 bits per heavy atom. The van der Waals surface area contributed by atoms with Crippen molar-refractivity contribution < 1.29 is 22.7 Å². The fourth-order valence-corrected chi connectivity index (χ4v) is 4.08. The summed E-state index contributed by atoms with van der Waals surface area (Å²) in [6.45, 7) is 0.158. The minimum atomic E-state index is -1.13. The third-order valence-electron chi connectivity index (χ3n) is 5.78. The summed E-state index contributed by atoms with van der Waals surface area (Å²) < 4.78 is 46.6. The normalized spacial score (nSPS) is 15.5. The van der Waals surface area contributed by atoms with Crippen LogP contribution in [-0.4, -0.2) is 39.6 Å². The number of hydrogen-bond acceptors (Lipinski definition) is 4. The minimum absolute atomic E-state index is 0.0134. The topological polar surface area (TPSA) is 91.1 Å². The van der Waals surface area contributed by atoms with E-state index in [4.69, 9.17) is 4.74 Å². The summed E-state index contributed by atoms with van der Waals surface area (Å²) in [6.07, 6.45) is 0. The Hall–Kier alpha value is -3.92. The molecule has 0 aliphatic carbocycles. The van der Waals surface area contributed by atoms with E-state index in [2.05, 4.69) is 15.2 Å². The van der Waals surface area contributed by atoms with Gasteiger partial charge < -0.3 is 14.6 Å². The molecule has 2 N–H and O–H groups in total. The highest BCUT2D eigenvalue weighted by molar-refractivity contribution is 5.94. The van der Waals surface area contributed by atoms with Gasteiger partial charge in [-0.3, -0.25) is 14.7 Å². The molecule has 0 radical (unpaired) electrons. The molecule has 168 valence electrons. The highest BCUT2D eigenvalue weighted by Crippen LogP contribution is 2.34. The van der Waals surface area contributed by atoms with Gasteiger partial charge in [-0.15, -0.1) is 0 Å². The van der Waals surface area contributed by atoms with Gasteiger partial charge in [-0.05, 0) is 47.9 Å². The van der Waals surface area contributed by atoms with Gasteiger partial charge in [-0.25, -0.2) is 13.2 Å². The third-order valence-corrected chi connectivity index (χ3v) is 5.78. The number of H-pyrrole nitrogens is 2. The summed E-state index contributed by atoms with van der Waals surface area (Å²) in [7, 11) is 1.54. The van der Waals surface area contributed by atoms with Crippen LogP contribution in [0.25, 0.3) is 22.0 Å². The number of aromatic nitrogens is 3. The number of benzene rings is 2. The maximum Gasteiger partial charge on any atom is 0.272 e. The van der Waals surface area contributed by atoms with Gasteiger partial charge in [0.25, 0.3) is 11.5 Å². The van der Waals surface area contributed by atoms with E-state index < -0.39 is 29.1 Å². The van der Waals surface area contributed by atoms with E-state index in [9.17, 15) is 22.8 Å². The number of aromatic amines is 2. The second-order valence-corrected chi connectivity index (χ2v) is 7.78. The smallest absolute Gasteiger partial charge is 0.272 e. The predicted molar refractivity (Wildman–Crippen MR) is 113 cm³/mol. The van der Waals surface area contributed by atoms with Crippen LogP contribution in [0.2, 0.25) is 0 Å². The molecule has 0 spiro atoms. The summed E-state index contributed by atoms with van der Waals surface area (Å²) in [6, 6.07) is 8.36. The molecule has 2 aromatic heterocycles. The molecule has 5 rings (SSSR count). The van der Waals surface area contributed by atoms with Crippen molar-refractivity contribution in [2.45, 2.75) is 12.6 Å². The van der Waals surface area contributed by atoms with Gasteiger partial charge in [0.2, 0.25) is 0 Å². The standard InChI is InChI=1S/C23H17F3N4O3/c1-30(23(32)18-8-17(28-29-18)11-2-4-12(24)5-3-11)20-10-33-9-19-21(20)13-6-15(25)16(26)7-14(13)22(31)27-19/h2-8,20H,9-10H2,1H3,(H,27,31)(H,28,29)/t20-/m0/s1. The number of carbonyl (C=O) groups is 1. The fourth-order valence-electron chi connectivity index (χ4n) is 4.08. The molecule has 33 heavy (non-hydrogen) atoms. The Balaban J connectivity index is 1.53. The molecule has 3 heterocycles. The maximum atomic E-state index is 14.1. The molecular formula is C23H17F3N4O3. The van der Waals surface area contributed by atoms with Gasteiger partial charge in [0, 0.05) is 23.9 Å². The van der Waals surface area contributed by atoms with Crippen molar-refractivity contribution in [3.8, 4) is 11.3 Å². The molecular weight excluding hydrogens is 437 g/mol. The zero-order valence-corrected chi connectivity index (χ0v) is 17.3. The summed E-state index contributed by atoms with van der Waals surface area (Å²) in [5.74, 6) is -3.04. The quantitative estimate of drug-likeness (QED) is 0.494. The molecule has 1 aliphatic heterocycles. The second-order valence-electron chi connectivity index (χ2n) is 7.78. The molecule has 7 nitrogen and oxygen atoms in total. The number of hydrogen-bond donors (Lipinski definition) is 2. The van der Waals surface area contributed by atoms with Gasteiger partial charge in [0.05, 0.1) is 30.3 Å². The lowest BCUT2D eigenvalue weighted by Crippen LogP contribution is -2.37. The largest absolute Gasteiger partial charge is 0.373 e. The summed E-state index contributed by atoms with van der Waals surface area (Å²) in [5.41, 5.74) is 1.57. The van der Waals surface area contributed by atoms with Gasteiger partial charge in [0.15, 0.2) is 11.6 Å². The summed E-state index contributed by atoms with van der Waals surface area (Å²) >= 11 is 0. The monoisotopic (exact) mass is 454 g/mol. The molecule has 0 saturated heterocycles. The first-order chi connectivity index (χ1) is 15.8. The lowest BCUT2D eigenvalue weighted by atomic mass is 9.95. The molecule has 1 atom stereocenters. The zero-order valence-electron chi connectivity index (χ0n) is 17.3. The number of likely N-dealkylation sites (N-methyl/N-ethyl adjacent to an activating group) is 1. The van der Waals surface area contributed by atoms with Crippen LogP contribution in [0.4, 0.5) is 13.2 Å². The molecule has 4 aromatic rings. The van der Waals surface area contributed by atoms with Crippen LogP contribution in [0.15, 0.2) is 47.3 Å². The lowest BCUT2D eigenvalue weighted by molar-refractivity contribution is 0.0332. The van der Waals surface area contributed by atoms with Crippen molar-refractivity contribution in [3.05, 3.63) is 87.2 Å². The predicted octanol–water partition coefficient (Wildman–Crippen LogP) is 3.68. The average molecular weight is 454 g/mol. The molecule has 0 unspecified atom stereocenters. The highest BCUT2D eigenvalue weighted by atomic mass is 19.2. The number of fused-ring (bicyclic) bond motifs is 3. The second kappa shape index (κ2) is 7.89. The minimum Gasteiger partial charge on any atom is -0.373 e. The molecule has 0 saturated carbocycles. The molecule has 0 fully saturated rings. The van der Waals surface area contributed by atoms with Crippen molar-refractivity contribution in [2.75, 3.05) is 13.7 Å². The zero-order chi connectivity index (χ0) is 23.3. The van der Waals surface area contributed by atoms with E-state index in [1.54, 1.807) is 19.2 Å².